The average Bonchev–Trinajstić information content (AvgIpc) is 2.43. The van der Waals surface area contributed by atoms with Crippen molar-refractivity contribution in [1.29, 1.82) is 0 Å². The topological polar surface area (TPSA) is 46.5 Å². The van der Waals surface area contributed by atoms with Gasteiger partial charge in [0.1, 0.15) is 12.4 Å². The molecule has 0 bridgehead atoms. The molecule has 0 fully saturated rings. The van der Waals surface area contributed by atoms with E-state index in [1.165, 1.54) is 0 Å². The van der Waals surface area contributed by atoms with Gasteiger partial charge >= 0.3 is 0 Å². The third kappa shape index (κ3) is 2.93. The van der Waals surface area contributed by atoms with Crippen LogP contribution in [-0.2, 0) is 0 Å². The number of fused-ring (bicyclic) bond motifs is 1. The van der Waals surface area contributed by atoms with Gasteiger partial charge in [-0.15, -0.1) is 0 Å². The Bertz CT molecular complexity index is 590. The zero-order valence-corrected chi connectivity index (χ0v) is 11.2. The summed E-state index contributed by atoms with van der Waals surface area (Å²) in [5, 5.41) is 11.3. The molecule has 0 heterocycles. The normalized spacial score (nSPS) is 12.4. The standard InChI is InChI=1S/C16H18O3/c1-3-12(18)10-19-16-9-8-13(11(2)17)14-6-4-5-7-15(14)16/h4-9,12,18H,3,10H2,1-2H3/t12-/m1/s1. The molecule has 0 aliphatic carbocycles. The van der Waals surface area contributed by atoms with E-state index in [0.29, 0.717) is 17.7 Å². The molecule has 2 aromatic carbocycles. The van der Waals surface area contributed by atoms with Crippen molar-refractivity contribution >= 4 is 16.6 Å². The molecule has 2 aromatic rings. The summed E-state index contributed by atoms with van der Waals surface area (Å²) in [6.45, 7) is 3.73. The maximum atomic E-state index is 11.6. The van der Waals surface area contributed by atoms with Gasteiger partial charge in [-0.1, -0.05) is 31.2 Å². The number of benzene rings is 2. The van der Waals surface area contributed by atoms with Crippen molar-refractivity contribution in [2.45, 2.75) is 26.4 Å². The number of ether oxygens (including phenoxy) is 1. The maximum absolute atomic E-state index is 11.6. The molecule has 19 heavy (non-hydrogen) atoms. The maximum Gasteiger partial charge on any atom is 0.160 e. The molecule has 0 aliphatic rings. The molecule has 2 rings (SSSR count). The van der Waals surface area contributed by atoms with Gasteiger partial charge in [0, 0.05) is 10.9 Å². The Labute approximate surface area is 112 Å². The minimum absolute atomic E-state index is 0.0383. The lowest BCUT2D eigenvalue weighted by molar-refractivity contribution is 0.101. The van der Waals surface area contributed by atoms with Gasteiger partial charge in [0.2, 0.25) is 0 Å². The smallest absolute Gasteiger partial charge is 0.160 e. The Morgan fingerprint density at radius 3 is 2.53 bits per heavy atom. The molecular formula is C16H18O3. The zero-order valence-electron chi connectivity index (χ0n) is 11.2. The van der Waals surface area contributed by atoms with Crippen molar-refractivity contribution in [3.63, 3.8) is 0 Å². The fourth-order valence-electron chi connectivity index (χ4n) is 2.01. The van der Waals surface area contributed by atoms with E-state index in [9.17, 15) is 9.90 Å². The van der Waals surface area contributed by atoms with Crippen LogP contribution in [0.4, 0.5) is 0 Å². The lowest BCUT2D eigenvalue weighted by Gasteiger charge is -2.13. The number of carbonyl (C=O) groups is 1. The Kier molecular flexibility index (Phi) is 4.17. The molecule has 0 amide bonds. The second-order valence-corrected chi connectivity index (χ2v) is 4.59. The monoisotopic (exact) mass is 258 g/mol. The van der Waals surface area contributed by atoms with E-state index >= 15 is 0 Å². The lowest BCUT2D eigenvalue weighted by Crippen LogP contribution is -2.16. The molecule has 3 heteroatoms. The zero-order chi connectivity index (χ0) is 13.8. The predicted octanol–water partition coefficient (Wildman–Crippen LogP) is 3.19. The molecule has 100 valence electrons. The Balaban J connectivity index is 2.41. The molecule has 0 saturated heterocycles. The number of aliphatic hydroxyl groups excluding tert-OH is 1. The van der Waals surface area contributed by atoms with Gasteiger partial charge in [-0.25, -0.2) is 0 Å². The first-order valence-corrected chi connectivity index (χ1v) is 6.47. The van der Waals surface area contributed by atoms with Gasteiger partial charge in [-0.3, -0.25) is 4.79 Å². The number of aliphatic hydroxyl groups is 1. The van der Waals surface area contributed by atoms with Crippen LogP contribution >= 0.6 is 0 Å². The number of carbonyl (C=O) groups excluding carboxylic acids is 1. The fourth-order valence-corrected chi connectivity index (χ4v) is 2.01. The van der Waals surface area contributed by atoms with E-state index < -0.39 is 6.10 Å². The number of hydrogen-bond donors (Lipinski definition) is 1. The molecule has 1 N–H and O–H groups in total. The van der Waals surface area contributed by atoms with Crippen LogP contribution in [0.2, 0.25) is 0 Å². The molecule has 0 saturated carbocycles. The van der Waals surface area contributed by atoms with Crippen molar-refractivity contribution < 1.29 is 14.6 Å². The molecular weight excluding hydrogens is 240 g/mol. The van der Waals surface area contributed by atoms with Crippen molar-refractivity contribution in [2.75, 3.05) is 6.61 Å². The van der Waals surface area contributed by atoms with Crippen LogP contribution in [0.3, 0.4) is 0 Å². The van der Waals surface area contributed by atoms with Crippen LogP contribution in [0.25, 0.3) is 10.8 Å². The summed E-state index contributed by atoms with van der Waals surface area (Å²) in [6, 6.07) is 11.2. The lowest BCUT2D eigenvalue weighted by atomic mass is 10.0. The Hall–Kier alpha value is -1.87. The first-order valence-electron chi connectivity index (χ1n) is 6.47. The summed E-state index contributed by atoms with van der Waals surface area (Å²) in [5.74, 6) is 0.740. The second kappa shape index (κ2) is 5.85. The highest BCUT2D eigenvalue weighted by Gasteiger charge is 2.10. The largest absolute Gasteiger partial charge is 0.490 e. The van der Waals surface area contributed by atoms with Crippen molar-refractivity contribution in [3.05, 3.63) is 42.0 Å². The van der Waals surface area contributed by atoms with Crippen LogP contribution in [0, 0.1) is 0 Å². The summed E-state index contributed by atoms with van der Waals surface area (Å²) >= 11 is 0. The van der Waals surface area contributed by atoms with E-state index in [0.717, 1.165) is 10.8 Å². The van der Waals surface area contributed by atoms with Crippen LogP contribution in [0.5, 0.6) is 5.75 Å². The summed E-state index contributed by atoms with van der Waals surface area (Å²) < 4.78 is 5.65. The van der Waals surface area contributed by atoms with Gasteiger partial charge in [-0.2, -0.15) is 0 Å². The highest BCUT2D eigenvalue weighted by Crippen LogP contribution is 2.29. The van der Waals surface area contributed by atoms with Crippen LogP contribution < -0.4 is 4.74 Å². The fraction of sp³-hybridized carbons (Fsp3) is 0.312. The second-order valence-electron chi connectivity index (χ2n) is 4.59. The minimum Gasteiger partial charge on any atom is -0.490 e. The van der Waals surface area contributed by atoms with Gasteiger partial charge in [0.05, 0.1) is 6.10 Å². The van der Waals surface area contributed by atoms with Crippen molar-refractivity contribution in [2.24, 2.45) is 0 Å². The number of hydrogen-bond acceptors (Lipinski definition) is 3. The predicted molar refractivity (Wildman–Crippen MR) is 75.7 cm³/mol. The molecule has 0 unspecified atom stereocenters. The average molecular weight is 258 g/mol. The van der Waals surface area contributed by atoms with E-state index in [4.69, 9.17) is 4.74 Å². The molecule has 0 aromatic heterocycles. The van der Waals surface area contributed by atoms with Crippen LogP contribution in [0.15, 0.2) is 36.4 Å². The third-order valence-electron chi connectivity index (χ3n) is 3.17. The van der Waals surface area contributed by atoms with Gasteiger partial charge < -0.3 is 9.84 Å². The Morgan fingerprint density at radius 2 is 1.89 bits per heavy atom. The first kappa shape index (κ1) is 13.6. The molecule has 0 aliphatic heterocycles. The van der Waals surface area contributed by atoms with Gasteiger partial charge in [0.15, 0.2) is 5.78 Å². The number of ketones is 1. The van der Waals surface area contributed by atoms with E-state index in [1.54, 1.807) is 19.1 Å². The third-order valence-corrected chi connectivity index (χ3v) is 3.17. The first-order chi connectivity index (χ1) is 9.13. The highest BCUT2D eigenvalue weighted by molar-refractivity contribution is 6.08. The minimum atomic E-state index is -0.466. The van der Waals surface area contributed by atoms with Crippen LogP contribution in [-0.4, -0.2) is 23.6 Å². The van der Waals surface area contributed by atoms with Gasteiger partial charge in [0.25, 0.3) is 0 Å². The summed E-state index contributed by atoms with van der Waals surface area (Å²) in [7, 11) is 0. The summed E-state index contributed by atoms with van der Waals surface area (Å²) in [6.07, 6.45) is 0.190. The summed E-state index contributed by atoms with van der Waals surface area (Å²) in [4.78, 5) is 11.6. The SMILES string of the molecule is CC[C@@H](O)COc1ccc(C(C)=O)c2ccccc12. The molecule has 0 spiro atoms. The van der Waals surface area contributed by atoms with Crippen molar-refractivity contribution in [1.82, 2.24) is 0 Å². The van der Waals surface area contributed by atoms with E-state index in [2.05, 4.69) is 0 Å². The quantitative estimate of drug-likeness (QED) is 0.838. The van der Waals surface area contributed by atoms with Crippen molar-refractivity contribution in [3.8, 4) is 5.75 Å². The number of rotatable bonds is 5. The number of Topliss-reactive ketones (excluding diaryl/α,β-unsaturated/α-hetero) is 1. The van der Waals surface area contributed by atoms with Crippen LogP contribution in [0.1, 0.15) is 30.6 Å². The van der Waals surface area contributed by atoms with E-state index in [-0.39, 0.29) is 12.4 Å². The molecule has 0 radical (unpaired) electrons. The highest BCUT2D eigenvalue weighted by atomic mass is 16.5. The van der Waals surface area contributed by atoms with E-state index in [1.807, 2.05) is 31.2 Å². The molecule has 1 atom stereocenters. The summed E-state index contributed by atoms with van der Waals surface area (Å²) in [5.41, 5.74) is 0.694. The molecule has 3 nitrogen and oxygen atoms in total. The van der Waals surface area contributed by atoms with Gasteiger partial charge in [-0.05, 0) is 30.9 Å². The Morgan fingerprint density at radius 1 is 1.21 bits per heavy atom.